The third kappa shape index (κ3) is 2.57. The molecule has 0 saturated carbocycles. The highest BCUT2D eigenvalue weighted by molar-refractivity contribution is 7.89. The summed E-state index contributed by atoms with van der Waals surface area (Å²) < 4.78 is 28.6. The van der Waals surface area contributed by atoms with Gasteiger partial charge in [0.05, 0.1) is 12.6 Å². The first kappa shape index (κ1) is 14.6. The molecule has 2 rings (SSSR count). The lowest BCUT2D eigenvalue weighted by atomic mass is 10.3. The molecule has 0 saturated heterocycles. The van der Waals surface area contributed by atoms with Gasteiger partial charge in [-0.1, -0.05) is 0 Å². The average Bonchev–Trinajstić information content (AvgIpc) is 2.94. The second-order valence-electron chi connectivity index (χ2n) is 4.43. The van der Waals surface area contributed by atoms with Crippen LogP contribution < -0.4 is 4.72 Å². The number of aromatic nitrogens is 5. The molecule has 0 bridgehead atoms. The van der Waals surface area contributed by atoms with Crippen LogP contribution in [0.4, 0.5) is 0 Å². The summed E-state index contributed by atoms with van der Waals surface area (Å²) in [4.78, 5) is 0. The molecule has 0 aliphatic rings. The molecule has 3 N–H and O–H groups in total. The molecule has 0 amide bonds. The first-order valence-corrected chi connectivity index (χ1v) is 7.36. The zero-order valence-corrected chi connectivity index (χ0v) is 12.1. The molecule has 0 fully saturated rings. The molecule has 1 atom stereocenters. The Bertz CT molecular complexity index is 704. The number of hydrogen-bond acceptors (Lipinski definition) is 6. The SMILES string of the molecule is Cc1[nH]nc(S(=O)(=O)NC(C)c2nncn2C)c1CO. The first-order chi connectivity index (χ1) is 9.36. The minimum Gasteiger partial charge on any atom is -0.392 e. The van der Waals surface area contributed by atoms with Crippen molar-refractivity contribution in [2.24, 2.45) is 7.05 Å². The van der Waals surface area contributed by atoms with Crippen LogP contribution in [0.2, 0.25) is 0 Å². The van der Waals surface area contributed by atoms with Crippen LogP contribution in [-0.2, 0) is 23.7 Å². The predicted molar refractivity (Wildman–Crippen MR) is 69.0 cm³/mol. The van der Waals surface area contributed by atoms with E-state index in [0.29, 0.717) is 11.5 Å². The zero-order chi connectivity index (χ0) is 14.9. The Morgan fingerprint density at radius 3 is 2.80 bits per heavy atom. The van der Waals surface area contributed by atoms with E-state index in [1.165, 1.54) is 6.33 Å². The molecule has 110 valence electrons. The summed E-state index contributed by atoms with van der Waals surface area (Å²) in [6.45, 7) is 2.89. The highest BCUT2D eigenvalue weighted by atomic mass is 32.2. The van der Waals surface area contributed by atoms with Gasteiger partial charge in [0.15, 0.2) is 5.03 Å². The van der Waals surface area contributed by atoms with Gasteiger partial charge in [0, 0.05) is 18.3 Å². The second kappa shape index (κ2) is 5.31. The zero-order valence-electron chi connectivity index (χ0n) is 11.3. The molecule has 2 aromatic heterocycles. The lowest BCUT2D eigenvalue weighted by molar-refractivity contribution is 0.277. The number of sulfonamides is 1. The summed E-state index contributed by atoms with van der Waals surface area (Å²) in [5, 5.41) is 22.9. The van der Waals surface area contributed by atoms with Crippen LogP contribution >= 0.6 is 0 Å². The highest BCUT2D eigenvalue weighted by Crippen LogP contribution is 2.18. The van der Waals surface area contributed by atoms with Crippen LogP contribution in [0.1, 0.15) is 30.0 Å². The van der Waals surface area contributed by atoms with Gasteiger partial charge in [-0.05, 0) is 13.8 Å². The van der Waals surface area contributed by atoms with Crippen molar-refractivity contribution in [3.05, 3.63) is 23.4 Å². The summed E-state index contributed by atoms with van der Waals surface area (Å²) >= 11 is 0. The summed E-state index contributed by atoms with van der Waals surface area (Å²) in [6.07, 6.45) is 1.48. The monoisotopic (exact) mass is 300 g/mol. The molecule has 2 heterocycles. The Morgan fingerprint density at radius 2 is 2.25 bits per heavy atom. The van der Waals surface area contributed by atoms with Gasteiger partial charge in [-0.25, -0.2) is 8.42 Å². The number of aromatic amines is 1. The Balaban J connectivity index is 2.30. The van der Waals surface area contributed by atoms with Crippen molar-refractivity contribution >= 4 is 10.0 Å². The first-order valence-electron chi connectivity index (χ1n) is 5.87. The molecule has 0 radical (unpaired) electrons. The van der Waals surface area contributed by atoms with E-state index >= 15 is 0 Å². The van der Waals surface area contributed by atoms with Crippen molar-refractivity contribution in [1.82, 2.24) is 29.7 Å². The maximum absolute atomic E-state index is 12.3. The van der Waals surface area contributed by atoms with Gasteiger partial charge >= 0.3 is 0 Å². The summed E-state index contributed by atoms with van der Waals surface area (Å²) in [7, 11) is -2.14. The summed E-state index contributed by atoms with van der Waals surface area (Å²) in [6, 6.07) is -0.573. The summed E-state index contributed by atoms with van der Waals surface area (Å²) in [5.74, 6) is 0.478. The van der Waals surface area contributed by atoms with Crippen LogP contribution in [-0.4, -0.2) is 38.5 Å². The third-order valence-electron chi connectivity index (χ3n) is 2.91. The largest absolute Gasteiger partial charge is 0.392 e. The van der Waals surface area contributed by atoms with Gasteiger partial charge in [-0.15, -0.1) is 10.2 Å². The molecular formula is C10H16N6O3S. The predicted octanol–water partition coefficient (Wildman–Crippen LogP) is -0.622. The fourth-order valence-electron chi connectivity index (χ4n) is 1.86. The molecule has 10 heteroatoms. The molecule has 0 aliphatic heterocycles. The molecular weight excluding hydrogens is 284 g/mol. The van der Waals surface area contributed by atoms with Crippen LogP contribution in [0.3, 0.4) is 0 Å². The number of H-pyrrole nitrogens is 1. The third-order valence-corrected chi connectivity index (χ3v) is 4.42. The van der Waals surface area contributed by atoms with Gasteiger partial charge in [0.1, 0.15) is 12.2 Å². The van der Waals surface area contributed by atoms with E-state index in [2.05, 4.69) is 25.1 Å². The minimum absolute atomic E-state index is 0.202. The van der Waals surface area contributed by atoms with Gasteiger partial charge in [-0.3, -0.25) is 5.10 Å². The minimum atomic E-state index is -3.86. The van der Waals surface area contributed by atoms with Gasteiger partial charge in [0.2, 0.25) is 0 Å². The topological polar surface area (TPSA) is 126 Å². The Labute approximate surface area is 116 Å². The van der Waals surface area contributed by atoms with Gasteiger partial charge in [0.25, 0.3) is 10.0 Å². The number of aliphatic hydroxyl groups excluding tert-OH is 1. The van der Waals surface area contributed by atoms with E-state index < -0.39 is 22.7 Å². The van der Waals surface area contributed by atoms with E-state index in [9.17, 15) is 13.5 Å². The molecule has 0 spiro atoms. The summed E-state index contributed by atoms with van der Waals surface area (Å²) in [5.41, 5.74) is 0.766. The molecule has 1 unspecified atom stereocenters. The standard InChI is InChI=1S/C10H16N6O3S/c1-6-8(4-17)10(14-12-6)20(18,19)15-7(2)9-13-11-5-16(9)3/h5,7,15,17H,4H2,1-3H3,(H,12,14). The molecule has 9 nitrogen and oxygen atoms in total. The van der Waals surface area contributed by atoms with Crippen molar-refractivity contribution in [2.45, 2.75) is 31.5 Å². The van der Waals surface area contributed by atoms with Crippen molar-refractivity contribution in [1.29, 1.82) is 0 Å². The maximum atomic E-state index is 12.3. The van der Waals surface area contributed by atoms with Crippen molar-refractivity contribution in [2.75, 3.05) is 0 Å². The quantitative estimate of drug-likeness (QED) is 0.675. The van der Waals surface area contributed by atoms with E-state index in [0.717, 1.165) is 0 Å². The van der Waals surface area contributed by atoms with E-state index in [4.69, 9.17) is 0 Å². The van der Waals surface area contributed by atoms with E-state index in [1.54, 1.807) is 25.5 Å². The van der Waals surface area contributed by atoms with Crippen LogP contribution in [0.15, 0.2) is 11.4 Å². The van der Waals surface area contributed by atoms with Crippen LogP contribution in [0.5, 0.6) is 0 Å². The van der Waals surface area contributed by atoms with E-state index in [-0.39, 0.29) is 10.6 Å². The van der Waals surface area contributed by atoms with Crippen molar-refractivity contribution < 1.29 is 13.5 Å². The number of aliphatic hydroxyl groups is 1. The number of hydrogen-bond donors (Lipinski definition) is 3. The molecule has 0 aliphatic carbocycles. The average molecular weight is 300 g/mol. The maximum Gasteiger partial charge on any atom is 0.260 e. The van der Waals surface area contributed by atoms with E-state index in [1.807, 2.05) is 0 Å². The normalized spacial score (nSPS) is 13.6. The highest BCUT2D eigenvalue weighted by Gasteiger charge is 2.26. The Kier molecular flexibility index (Phi) is 3.88. The van der Waals surface area contributed by atoms with Crippen LogP contribution in [0.25, 0.3) is 0 Å². The fraction of sp³-hybridized carbons (Fsp3) is 0.500. The number of rotatable bonds is 5. The second-order valence-corrected chi connectivity index (χ2v) is 6.06. The fourth-order valence-corrected chi connectivity index (χ4v) is 3.25. The number of nitrogens with zero attached hydrogens (tertiary/aromatic N) is 4. The molecule has 0 aromatic carbocycles. The lowest BCUT2D eigenvalue weighted by Crippen LogP contribution is -2.29. The molecule has 20 heavy (non-hydrogen) atoms. The van der Waals surface area contributed by atoms with Crippen LogP contribution in [0, 0.1) is 6.92 Å². The number of nitrogens with one attached hydrogen (secondary N) is 2. The van der Waals surface area contributed by atoms with Gasteiger partial charge < -0.3 is 9.67 Å². The Morgan fingerprint density at radius 1 is 1.55 bits per heavy atom. The lowest BCUT2D eigenvalue weighted by Gasteiger charge is -2.12. The Hall–Kier alpha value is -1.78. The molecule has 2 aromatic rings. The number of aryl methyl sites for hydroxylation is 2. The van der Waals surface area contributed by atoms with Crippen molar-refractivity contribution in [3.8, 4) is 0 Å². The van der Waals surface area contributed by atoms with Crippen molar-refractivity contribution in [3.63, 3.8) is 0 Å². The van der Waals surface area contributed by atoms with Gasteiger partial charge in [-0.2, -0.15) is 9.82 Å². The smallest absolute Gasteiger partial charge is 0.260 e.